The number of rotatable bonds is 3. The van der Waals surface area contributed by atoms with Crippen LogP contribution in [-0.2, 0) is 19.4 Å². The summed E-state index contributed by atoms with van der Waals surface area (Å²) in [6, 6.07) is 0. The average Bonchev–Trinajstić information content (AvgIpc) is 2.39. The van der Waals surface area contributed by atoms with Crippen molar-refractivity contribution < 1.29 is 23.1 Å². The maximum absolute atomic E-state index is 12.0. The molecule has 6 heteroatoms. The number of hydrogen-bond donors (Lipinski definition) is 1. The molecule has 2 fully saturated rings. The lowest BCUT2D eigenvalue weighted by Crippen LogP contribution is -2.58. The van der Waals surface area contributed by atoms with Gasteiger partial charge in [0.2, 0.25) is 0 Å². The standard InChI is InChI=1S/C11H18O5S/c1-2-16-9(12)10(4-3-5-10)11(13)6-7-17(14,15)8-11/h13H,2-8H2,1H3. The van der Waals surface area contributed by atoms with Gasteiger partial charge in [0.05, 0.1) is 29.1 Å². The van der Waals surface area contributed by atoms with Crippen LogP contribution >= 0.6 is 0 Å². The van der Waals surface area contributed by atoms with E-state index in [1.165, 1.54) is 0 Å². The quantitative estimate of drug-likeness (QED) is 0.738. The van der Waals surface area contributed by atoms with Gasteiger partial charge in [-0.2, -0.15) is 0 Å². The van der Waals surface area contributed by atoms with Crippen LogP contribution in [0.15, 0.2) is 0 Å². The third-order valence-electron chi connectivity index (χ3n) is 4.05. The first-order valence-electron chi connectivity index (χ1n) is 5.95. The molecule has 5 nitrogen and oxygen atoms in total. The van der Waals surface area contributed by atoms with E-state index in [9.17, 15) is 18.3 Å². The first-order valence-corrected chi connectivity index (χ1v) is 7.77. The Labute approximate surface area is 101 Å². The van der Waals surface area contributed by atoms with Gasteiger partial charge in [-0.05, 0) is 26.2 Å². The Balaban J connectivity index is 2.27. The predicted octanol–water partition coefficient (Wildman–Crippen LogP) is 0.269. The van der Waals surface area contributed by atoms with Crippen LogP contribution in [0, 0.1) is 5.41 Å². The van der Waals surface area contributed by atoms with E-state index in [-0.39, 0.29) is 24.5 Å². The van der Waals surface area contributed by atoms with Crippen LogP contribution in [0.2, 0.25) is 0 Å². The van der Waals surface area contributed by atoms with Crippen LogP contribution < -0.4 is 0 Å². The topological polar surface area (TPSA) is 80.7 Å². The van der Waals surface area contributed by atoms with Gasteiger partial charge in [-0.25, -0.2) is 8.42 Å². The molecule has 2 aliphatic rings. The van der Waals surface area contributed by atoms with E-state index < -0.39 is 26.8 Å². The first-order chi connectivity index (χ1) is 7.85. The lowest BCUT2D eigenvalue weighted by Gasteiger charge is -2.48. The molecule has 0 bridgehead atoms. The van der Waals surface area contributed by atoms with Crippen molar-refractivity contribution in [2.75, 3.05) is 18.1 Å². The van der Waals surface area contributed by atoms with Gasteiger partial charge < -0.3 is 9.84 Å². The zero-order valence-electron chi connectivity index (χ0n) is 9.94. The molecular weight excluding hydrogens is 244 g/mol. The van der Waals surface area contributed by atoms with Gasteiger partial charge in [-0.3, -0.25) is 4.79 Å². The van der Waals surface area contributed by atoms with Crippen molar-refractivity contribution in [2.45, 2.75) is 38.2 Å². The molecule has 1 unspecified atom stereocenters. The highest BCUT2D eigenvalue weighted by atomic mass is 32.2. The van der Waals surface area contributed by atoms with Crippen LogP contribution in [0.5, 0.6) is 0 Å². The van der Waals surface area contributed by atoms with Crippen molar-refractivity contribution in [2.24, 2.45) is 5.41 Å². The Morgan fingerprint density at radius 3 is 2.35 bits per heavy atom. The van der Waals surface area contributed by atoms with Gasteiger partial charge in [-0.15, -0.1) is 0 Å². The molecule has 2 rings (SSSR count). The van der Waals surface area contributed by atoms with Crippen molar-refractivity contribution >= 4 is 15.8 Å². The fourth-order valence-corrected chi connectivity index (χ4v) is 4.81. The maximum atomic E-state index is 12.0. The average molecular weight is 262 g/mol. The fourth-order valence-electron chi connectivity index (χ4n) is 2.87. The summed E-state index contributed by atoms with van der Waals surface area (Å²) in [6.07, 6.45) is 2.03. The molecule has 1 atom stereocenters. The Morgan fingerprint density at radius 1 is 1.35 bits per heavy atom. The van der Waals surface area contributed by atoms with E-state index in [4.69, 9.17) is 4.74 Å². The molecule has 1 aliphatic carbocycles. The summed E-state index contributed by atoms with van der Waals surface area (Å²) in [7, 11) is -3.22. The second kappa shape index (κ2) is 3.95. The third kappa shape index (κ3) is 1.87. The van der Waals surface area contributed by atoms with E-state index in [1.807, 2.05) is 0 Å². The van der Waals surface area contributed by atoms with Crippen molar-refractivity contribution in [1.29, 1.82) is 0 Å². The zero-order chi connectivity index (χ0) is 12.7. The number of sulfone groups is 1. The molecular formula is C11H18O5S. The molecule has 1 aliphatic heterocycles. The Hall–Kier alpha value is -0.620. The van der Waals surface area contributed by atoms with Crippen LogP contribution in [0.3, 0.4) is 0 Å². The monoisotopic (exact) mass is 262 g/mol. The molecule has 17 heavy (non-hydrogen) atoms. The van der Waals surface area contributed by atoms with Gasteiger partial charge in [0.1, 0.15) is 0 Å². The molecule has 0 aromatic rings. The van der Waals surface area contributed by atoms with Crippen LogP contribution in [0.1, 0.15) is 32.6 Å². The molecule has 0 spiro atoms. The van der Waals surface area contributed by atoms with Crippen molar-refractivity contribution in [1.82, 2.24) is 0 Å². The van der Waals surface area contributed by atoms with Gasteiger partial charge in [0, 0.05) is 0 Å². The van der Waals surface area contributed by atoms with E-state index >= 15 is 0 Å². The molecule has 0 aromatic carbocycles. The predicted molar refractivity (Wildman–Crippen MR) is 61.1 cm³/mol. The van der Waals surface area contributed by atoms with Gasteiger partial charge >= 0.3 is 5.97 Å². The van der Waals surface area contributed by atoms with E-state index in [0.717, 1.165) is 6.42 Å². The highest BCUT2D eigenvalue weighted by Crippen LogP contribution is 2.54. The fraction of sp³-hybridized carbons (Fsp3) is 0.909. The number of hydrogen-bond acceptors (Lipinski definition) is 5. The Bertz CT molecular complexity index is 423. The van der Waals surface area contributed by atoms with Crippen molar-refractivity contribution in [3.05, 3.63) is 0 Å². The van der Waals surface area contributed by atoms with Crippen LogP contribution in [0.4, 0.5) is 0 Å². The molecule has 1 saturated heterocycles. The largest absolute Gasteiger partial charge is 0.465 e. The number of carbonyl (C=O) groups is 1. The Morgan fingerprint density at radius 2 is 2.00 bits per heavy atom. The summed E-state index contributed by atoms with van der Waals surface area (Å²) in [6.45, 7) is 1.96. The minimum absolute atomic E-state index is 0.0370. The van der Waals surface area contributed by atoms with Crippen LogP contribution in [0.25, 0.3) is 0 Å². The molecule has 1 N–H and O–H groups in total. The van der Waals surface area contributed by atoms with Crippen LogP contribution in [-0.4, -0.2) is 43.2 Å². The molecule has 1 saturated carbocycles. The summed E-state index contributed by atoms with van der Waals surface area (Å²) in [5.41, 5.74) is -2.40. The van der Waals surface area contributed by atoms with Crippen molar-refractivity contribution in [3.8, 4) is 0 Å². The zero-order valence-corrected chi connectivity index (χ0v) is 10.8. The number of esters is 1. The summed E-state index contributed by atoms with van der Waals surface area (Å²) in [4.78, 5) is 12.0. The minimum Gasteiger partial charge on any atom is -0.465 e. The maximum Gasteiger partial charge on any atom is 0.315 e. The lowest BCUT2D eigenvalue weighted by molar-refractivity contribution is -0.185. The number of ether oxygens (including phenoxy) is 1. The molecule has 0 radical (unpaired) electrons. The molecule has 0 amide bonds. The smallest absolute Gasteiger partial charge is 0.315 e. The SMILES string of the molecule is CCOC(=O)C1(C2(O)CCS(=O)(=O)C2)CCC1. The molecule has 98 valence electrons. The first kappa shape index (κ1) is 12.8. The van der Waals surface area contributed by atoms with Gasteiger partial charge in [-0.1, -0.05) is 6.42 Å². The Kier molecular flexibility index (Phi) is 2.98. The summed E-state index contributed by atoms with van der Waals surface area (Å²) in [5.74, 6) is -0.783. The lowest BCUT2D eigenvalue weighted by atomic mass is 9.58. The molecule has 1 heterocycles. The summed E-state index contributed by atoms with van der Waals surface area (Å²) < 4.78 is 28.0. The normalized spacial score (nSPS) is 34.0. The second-order valence-corrected chi connectivity index (χ2v) is 7.21. The van der Waals surface area contributed by atoms with Gasteiger partial charge in [0.15, 0.2) is 9.84 Å². The highest BCUT2D eigenvalue weighted by molar-refractivity contribution is 7.91. The summed E-state index contributed by atoms with van der Waals surface area (Å²) >= 11 is 0. The van der Waals surface area contributed by atoms with Gasteiger partial charge in [0.25, 0.3) is 0 Å². The van der Waals surface area contributed by atoms with Crippen molar-refractivity contribution in [3.63, 3.8) is 0 Å². The molecule has 0 aromatic heterocycles. The second-order valence-electron chi connectivity index (χ2n) is 5.03. The van der Waals surface area contributed by atoms with E-state index in [0.29, 0.717) is 12.8 Å². The summed E-state index contributed by atoms with van der Waals surface area (Å²) in [5, 5.41) is 10.5. The highest BCUT2D eigenvalue weighted by Gasteiger charge is 2.63. The van der Waals surface area contributed by atoms with E-state index in [2.05, 4.69) is 0 Å². The third-order valence-corrected chi connectivity index (χ3v) is 5.79. The number of aliphatic hydroxyl groups is 1. The number of carbonyl (C=O) groups excluding carboxylic acids is 1. The minimum atomic E-state index is -3.22. The van der Waals surface area contributed by atoms with E-state index in [1.54, 1.807) is 6.92 Å².